The molecule has 0 unspecified atom stereocenters. The Balaban J connectivity index is 1.38. The van der Waals surface area contributed by atoms with Gasteiger partial charge in [0.05, 0.1) is 19.7 Å². The van der Waals surface area contributed by atoms with Gasteiger partial charge in [0.2, 0.25) is 5.95 Å². The molecule has 0 radical (unpaired) electrons. The lowest BCUT2D eigenvalue weighted by Crippen LogP contribution is -2.28. The molecule has 242 valence electrons. The van der Waals surface area contributed by atoms with Crippen LogP contribution in [0, 0.1) is 0 Å². The molecular weight excluding hydrogens is 554 g/mol. The molecule has 0 atom stereocenters. The maximum atomic E-state index is 13.1. The van der Waals surface area contributed by atoms with Crippen LogP contribution in [0.1, 0.15) is 67.3 Å². The number of anilines is 2. The van der Waals surface area contributed by atoms with Crippen LogP contribution in [0.15, 0.2) is 36.4 Å². The number of carbonyl (C=O) groups excluding carboxylic acids is 1. The Kier molecular flexibility index (Phi) is 14.5. The highest BCUT2D eigenvalue weighted by Crippen LogP contribution is 2.34. The summed E-state index contributed by atoms with van der Waals surface area (Å²) in [4.78, 5) is 28.5. The predicted octanol–water partition coefficient (Wildman–Crippen LogP) is 5.21. The van der Waals surface area contributed by atoms with Crippen LogP contribution in [0.2, 0.25) is 0 Å². The van der Waals surface area contributed by atoms with E-state index in [1.165, 1.54) is 31.2 Å². The number of methoxy groups -OCH3 is 2. The Morgan fingerprint density at radius 2 is 1.50 bits per heavy atom. The number of amides is 1. The minimum Gasteiger partial charge on any atom is -0.493 e. The fourth-order valence-corrected chi connectivity index (χ4v) is 5.34. The zero-order valence-corrected chi connectivity index (χ0v) is 27.7. The molecule has 1 aromatic heterocycles. The third-order valence-electron chi connectivity index (χ3n) is 7.99. The molecule has 1 amide bonds. The van der Waals surface area contributed by atoms with Gasteiger partial charge in [-0.2, -0.15) is 4.98 Å². The third-order valence-corrected chi connectivity index (χ3v) is 7.99. The van der Waals surface area contributed by atoms with Crippen molar-refractivity contribution in [2.24, 2.45) is 0 Å². The number of fused-ring (bicyclic) bond motifs is 1. The van der Waals surface area contributed by atoms with Gasteiger partial charge in [0.25, 0.3) is 5.91 Å². The van der Waals surface area contributed by atoms with Gasteiger partial charge in [-0.25, -0.2) is 4.98 Å². The molecule has 0 aliphatic rings. The maximum absolute atomic E-state index is 13.1. The Morgan fingerprint density at radius 3 is 2.20 bits per heavy atom. The van der Waals surface area contributed by atoms with E-state index in [4.69, 9.17) is 20.2 Å². The molecular formula is C34H53N7O3. The Labute approximate surface area is 263 Å². The average molecular weight is 608 g/mol. The number of aromatic nitrogens is 2. The number of rotatable bonds is 20. The summed E-state index contributed by atoms with van der Waals surface area (Å²) in [6.45, 7) is 4.57. The first kappa shape index (κ1) is 34.9. The number of unbranched alkanes of at least 4 members (excludes halogenated alkanes) is 6. The predicted molar refractivity (Wildman–Crippen MR) is 181 cm³/mol. The molecule has 10 heteroatoms. The van der Waals surface area contributed by atoms with Crippen LogP contribution in [0.25, 0.3) is 10.9 Å². The molecule has 10 nitrogen and oxygen atoms in total. The molecule has 3 rings (SSSR count). The number of hydrogen-bond acceptors (Lipinski definition) is 9. The summed E-state index contributed by atoms with van der Waals surface area (Å²) in [5.41, 5.74) is 8.91. The van der Waals surface area contributed by atoms with Crippen LogP contribution >= 0.6 is 0 Å². The van der Waals surface area contributed by atoms with Gasteiger partial charge < -0.3 is 35.2 Å². The van der Waals surface area contributed by atoms with Crippen molar-refractivity contribution in [3.63, 3.8) is 0 Å². The summed E-state index contributed by atoms with van der Waals surface area (Å²) in [6, 6.07) is 11.7. The first-order chi connectivity index (χ1) is 21.3. The van der Waals surface area contributed by atoms with E-state index >= 15 is 0 Å². The number of nitrogen functional groups attached to an aromatic ring is 1. The van der Waals surface area contributed by atoms with E-state index < -0.39 is 0 Å². The lowest BCUT2D eigenvalue weighted by Gasteiger charge is -2.20. The second kappa shape index (κ2) is 18.2. The Bertz CT molecular complexity index is 1320. The summed E-state index contributed by atoms with van der Waals surface area (Å²) in [5, 5.41) is 3.94. The van der Waals surface area contributed by atoms with E-state index in [2.05, 4.69) is 28.3 Å². The quantitative estimate of drug-likeness (QED) is 0.167. The normalized spacial score (nSPS) is 11.2. The van der Waals surface area contributed by atoms with Crippen LogP contribution in [-0.4, -0.2) is 94.3 Å². The van der Waals surface area contributed by atoms with Gasteiger partial charge in [-0.05, 0) is 76.6 Å². The van der Waals surface area contributed by atoms with E-state index in [-0.39, 0.29) is 5.91 Å². The highest BCUT2D eigenvalue weighted by atomic mass is 16.5. The number of nitrogens with one attached hydrogen (secondary N) is 1. The summed E-state index contributed by atoms with van der Waals surface area (Å²) in [6.07, 6.45) is 9.02. The minimum atomic E-state index is 0.0825. The monoisotopic (exact) mass is 607 g/mol. The Morgan fingerprint density at radius 1 is 0.841 bits per heavy atom. The van der Waals surface area contributed by atoms with Crippen molar-refractivity contribution >= 4 is 28.6 Å². The molecule has 2 aromatic carbocycles. The van der Waals surface area contributed by atoms with Crippen LogP contribution in [0.3, 0.4) is 0 Å². The topological polar surface area (TPSA) is 109 Å². The standard InChI is InChI=1S/C34H53N7O3/c1-36-18-11-7-8-12-19-39(2)25-26-16-15-17-27(22-26)33(42)40(3)20-13-9-10-14-21-41(4)34-37-29-24-31(44-6)30(43-5)23-28(29)32(35)38-34/h15-17,22-24,36H,7-14,18-21,25H2,1-6H3,(H2,35,37,38). The SMILES string of the molecule is CNCCCCCCN(C)Cc1cccc(C(=O)N(C)CCCCCCN(C)c2nc(N)c3cc(OC)c(OC)cc3n2)c1. The average Bonchev–Trinajstić information content (AvgIpc) is 3.03. The second-order valence-corrected chi connectivity index (χ2v) is 11.7. The van der Waals surface area contributed by atoms with Crippen molar-refractivity contribution in [2.75, 3.05) is 79.2 Å². The summed E-state index contributed by atoms with van der Waals surface area (Å²) < 4.78 is 10.8. The minimum absolute atomic E-state index is 0.0825. The summed E-state index contributed by atoms with van der Waals surface area (Å²) in [5.74, 6) is 2.28. The number of ether oxygens (including phenoxy) is 2. The molecule has 0 fully saturated rings. The number of nitrogens with zero attached hydrogens (tertiary/aromatic N) is 5. The lowest BCUT2D eigenvalue weighted by molar-refractivity contribution is 0.0792. The zero-order chi connectivity index (χ0) is 31.9. The fraction of sp³-hybridized carbons (Fsp3) is 0.559. The molecule has 1 heterocycles. The largest absolute Gasteiger partial charge is 0.493 e. The Hall–Kier alpha value is -3.63. The molecule has 0 aliphatic heterocycles. The zero-order valence-electron chi connectivity index (χ0n) is 27.7. The van der Waals surface area contributed by atoms with E-state index in [1.54, 1.807) is 20.3 Å². The van der Waals surface area contributed by atoms with Crippen LogP contribution in [-0.2, 0) is 6.54 Å². The van der Waals surface area contributed by atoms with Crippen molar-refractivity contribution in [1.29, 1.82) is 0 Å². The molecule has 0 saturated heterocycles. The maximum Gasteiger partial charge on any atom is 0.253 e. The van der Waals surface area contributed by atoms with Gasteiger partial charge in [0, 0.05) is 50.7 Å². The van der Waals surface area contributed by atoms with E-state index in [0.29, 0.717) is 28.8 Å². The molecule has 0 aliphatic carbocycles. The van der Waals surface area contributed by atoms with Crippen LogP contribution in [0.5, 0.6) is 11.5 Å². The van der Waals surface area contributed by atoms with Gasteiger partial charge >= 0.3 is 0 Å². The number of benzene rings is 2. The van der Waals surface area contributed by atoms with Gasteiger partial charge in [-0.15, -0.1) is 0 Å². The van der Waals surface area contributed by atoms with Crippen molar-refractivity contribution < 1.29 is 14.3 Å². The fourth-order valence-electron chi connectivity index (χ4n) is 5.34. The van der Waals surface area contributed by atoms with Crippen LogP contribution in [0.4, 0.5) is 11.8 Å². The van der Waals surface area contributed by atoms with E-state index in [1.807, 2.05) is 55.2 Å². The smallest absolute Gasteiger partial charge is 0.253 e. The van der Waals surface area contributed by atoms with Crippen LogP contribution < -0.4 is 25.4 Å². The van der Waals surface area contributed by atoms with Gasteiger partial charge in [0.1, 0.15) is 5.82 Å². The number of carbonyl (C=O) groups is 1. The van der Waals surface area contributed by atoms with Gasteiger partial charge in [0.15, 0.2) is 11.5 Å². The highest BCUT2D eigenvalue weighted by Gasteiger charge is 2.15. The molecule has 0 spiro atoms. The second-order valence-electron chi connectivity index (χ2n) is 11.7. The molecule has 3 aromatic rings. The summed E-state index contributed by atoms with van der Waals surface area (Å²) >= 11 is 0. The van der Waals surface area contributed by atoms with Crippen molar-refractivity contribution in [1.82, 2.24) is 25.1 Å². The summed E-state index contributed by atoms with van der Waals surface area (Å²) in [7, 11) is 11.2. The number of hydrogen-bond donors (Lipinski definition) is 2. The molecule has 44 heavy (non-hydrogen) atoms. The highest BCUT2D eigenvalue weighted by molar-refractivity contribution is 5.94. The molecule has 0 saturated carbocycles. The first-order valence-electron chi connectivity index (χ1n) is 15.8. The first-order valence-corrected chi connectivity index (χ1v) is 15.8. The van der Waals surface area contributed by atoms with Crippen molar-refractivity contribution in [3.05, 3.63) is 47.5 Å². The third kappa shape index (κ3) is 10.5. The van der Waals surface area contributed by atoms with Crippen molar-refractivity contribution in [2.45, 2.75) is 57.9 Å². The molecule has 3 N–H and O–H groups in total. The van der Waals surface area contributed by atoms with E-state index in [9.17, 15) is 4.79 Å². The van der Waals surface area contributed by atoms with Gasteiger partial charge in [-0.3, -0.25) is 4.79 Å². The van der Waals surface area contributed by atoms with Gasteiger partial charge in [-0.1, -0.05) is 37.8 Å². The molecule has 0 bridgehead atoms. The van der Waals surface area contributed by atoms with E-state index in [0.717, 1.165) is 69.4 Å². The lowest BCUT2D eigenvalue weighted by atomic mass is 10.1. The van der Waals surface area contributed by atoms with Crippen molar-refractivity contribution in [3.8, 4) is 11.5 Å². The number of nitrogens with two attached hydrogens (primary N) is 1.